The molecule has 0 radical (unpaired) electrons. The Hall–Kier alpha value is -0.180. The Morgan fingerprint density at radius 3 is 2.89 bits per heavy atom. The lowest BCUT2D eigenvalue weighted by atomic mass is 9.91. The van der Waals surface area contributed by atoms with Crippen molar-refractivity contribution in [1.82, 2.24) is 0 Å². The van der Waals surface area contributed by atoms with Gasteiger partial charge in [-0.1, -0.05) is 31.4 Å². The van der Waals surface area contributed by atoms with E-state index in [1.807, 2.05) is 17.8 Å². The molecule has 0 aliphatic heterocycles. The van der Waals surface area contributed by atoms with Gasteiger partial charge >= 0.3 is 0 Å². The second-order valence-corrected chi connectivity index (χ2v) is 7.72. The summed E-state index contributed by atoms with van der Waals surface area (Å²) in [4.78, 5) is 1.38. The van der Waals surface area contributed by atoms with E-state index in [-0.39, 0.29) is 6.04 Å². The summed E-state index contributed by atoms with van der Waals surface area (Å²) in [6, 6.07) is 6.44. The van der Waals surface area contributed by atoms with Crippen molar-refractivity contribution in [1.29, 1.82) is 0 Å². The van der Waals surface area contributed by atoms with Crippen molar-refractivity contribution in [3.05, 3.63) is 28.8 Å². The molecule has 106 valence electrons. The molecule has 0 saturated heterocycles. The molecule has 1 aromatic carbocycles. The van der Waals surface area contributed by atoms with Crippen molar-refractivity contribution in [3.8, 4) is 0 Å². The smallest absolute Gasteiger partial charge is 0.0409 e. The minimum atomic E-state index is 0.183. The summed E-state index contributed by atoms with van der Waals surface area (Å²) in [6.07, 6.45) is 6.35. The predicted molar refractivity (Wildman–Crippen MR) is 86.1 cm³/mol. The van der Waals surface area contributed by atoms with Gasteiger partial charge in [-0.2, -0.15) is 0 Å². The van der Waals surface area contributed by atoms with Crippen LogP contribution in [0.3, 0.4) is 0 Å². The molecule has 1 nitrogen and oxygen atoms in total. The predicted octanol–water partition coefficient (Wildman–Crippen LogP) is 4.90. The molecule has 2 rings (SSSR count). The first-order valence-corrected chi connectivity index (χ1v) is 8.51. The molecular formula is C16H24ClNS. The van der Waals surface area contributed by atoms with Gasteiger partial charge in [-0.15, -0.1) is 11.8 Å². The highest BCUT2D eigenvalue weighted by molar-refractivity contribution is 8.00. The second-order valence-electron chi connectivity index (χ2n) is 5.95. The molecule has 0 amide bonds. The maximum absolute atomic E-state index is 6.12. The summed E-state index contributed by atoms with van der Waals surface area (Å²) in [5, 5.41) is 1.58. The van der Waals surface area contributed by atoms with Gasteiger partial charge in [-0.05, 0) is 55.9 Å². The van der Waals surface area contributed by atoms with Crippen LogP contribution in [0.2, 0.25) is 5.02 Å². The summed E-state index contributed by atoms with van der Waals surface area (Å²) in [6.45, 7) is 4.43. The van der Waals surface area contributed by atoms with E-state index >= 15 is 0 Å². The molecule has 3 atom stereocenters. The molecule has 3 unspecified atom stereocenters. The van der Waals surface area contributed by atoms with Gasteiger partial charge in [0, 0.05) is 21.2 Å². The first kappa shape index (κ1) is 15.2. The van der Waals surface area contributed by atoms with Crippen LogP contribution in [-0.2, 0) is 6.42 Å². The van der Waals surface area contributed by atoms with E-state index in [9.17, 15) is 0 Å². The molecule has 1 aromatic rings. The zero-order chi connectivity index (χ0) is 13.8. The van der Waals surface area contributed by atoms with Crippen LogP contribution in [0, 0.1) is 5.92 Å². The SMILES string of the molecule is CC(N)Cc1cc(Cl)ccc1SC1CCCC(C)C1. The second kappa shape index (κ2) is 7.01. The Kier molecular flexibility index (Phi) is 5.61. The van der Waals surface area contributed by atoms with Gasteiger partial charge in [0.25, 0.3) is 0 Å². The van der Waals surface area contributed by atoms with Gasteiger partial charge in [0.15, 0.2) is 0 Å². The standard InChI is InChI=1S/C16H24ClNS/c1-11-4-3-5-15(8-11)19-16-7-6-14(17)10-13(16)9-12(2)18/h6-7,10-12,15H,3-5,8-9,18H2,1-2H3. The number of halogens is 1. The van der Waals surface area contributed by atoms with Crippen LogP contribution in [0.5, 0.6) is 0 Å². The Labute approximate surface area is 126 Å². The molecule has 0 aromatic heterocycles. The van der Waals surface area contributed by atoms with E-state index in [0.717, 1.165) is 22.6 Å². The molecule has 0 spiro atoms. The van der Waals surface area contributed by atoms with Crippen molar-refractivity contribution in [2.45, 2.75) is 62.1 Å². The highest BCUT2D eigenvalue weighted by atomic mass is 35.5. The molecule has 1 saturated carbocycles. The topological polar surface area (TPSA) is 26.0 Å². The fraction of sp³-hybridized carbons (Fsp3) is 0.625. The summed E-state index contributed by atoms with van der Waals surface area (Å²) < 4.78 is 0. The Balaban J connectivity index is 2.10. The maximum Gasteiger partial charge on any atom is 0.0409 e. The van der Waals surface area contributed by atoms with Gasteiger partial charge in [-0.3, -0.25) is 0 Å². The third-order valence-corrected chi connectivity index (χ3v) is 5.40. The van der Waals surface area contributed by atoms with Crippen LogP contribution < -0.4 is 5.73 Å². The van der Waals surface area contributed by atoms with E-state index in [1.54, 1.807) is 0 Å². The Morgan fingerprint density at radius 2 is 2.21 bits per heavy atom. The molecule has 1 aliphatic carbocycles. The quantitative estimate of drug-likeness (QED) is 0.855. The van der Waals surface area contributed by atoms with Crippen molar-refractivity contribution in [2.24, 2.45) is 11.7 Å². The minimum Gasteiger partial charge on any atom is -0.328 e. The van der Waals surface area contributed by atoms with E-state index in [4.69, 9.17) is 17.3 Å². The molecular weight excluding hydrogens is 274 g/mol. The molecule has 0 bridgehead atoms. The van der Waals surface area contributed by atoms with E-state index in [1.165, 1.54) is 36.1 Å². The van der Waals surface area contributed by atoms with Crippen molar-refractivity contribution < 1.29 is 0 Å². The highest BCUT2D eigenvalue weighted by Crippen LogP contribution is 2.38. The van der Waals surface area contributed by atoms with Crippen molar-refractivity contribution in [3.63, 3.8) is 0 Å². The highest BCUT2D eigenvalue weighted by Gasteiger charge is 2.20. The average Bonchev–Trinajstić information content (AvgIpc) is 2.32. The molecule has 1 aliphatic rings. The number of rotatable bonds is 4. The first-order chi connectivity index (χ1) is 9.04. The summed E-state index contributed by atoms with van der Waals surface area (Å²) in [7, 11) is 0. The van der Waals surface area contributed by atoms with E-state index in [2.05, 4.69) is 26.0 Å². The lowest BCUT2D eigenvalue weighted by Crippen LogP contribution is -2.19. The molecule has 0 heterocycles. The molecule has 19 heavy (non-hydrogen) atoms. The number of benzene rings is 1. The molecule has 2 N–H and O–H groups in total. The van der Waals surface area contributed by atoms with Gasteiger partial charge in [0.05, 0.1) is 0 Å². The maximum atomic E-state index is 6.12. The van der Waals surface area contributed by atoms with Gasteiger partial charge in [0.2, 0.25) is 0 Å². The van der Waals surface area contributed by atoms with Crippen molar-refractivity contribution >= 4 is 23.4 Å². The number of hydrogen-bond acceptors (Lipinski definition) is 2. The van der Waals surface area contributed by atoms with Crippen LogP contribution in [-0.4, -0.2) is 11.3 Å². The van der Waals surface area contributed by atoms with Crippen molar-refractivity contribution in [2.75, 3.05) is 0 Å². The minimum absolute atomic E-state index is 0.183. The van der Waals surface area contributed by atoms with E-state index in [0.29, 0.717) is 0 Å². The normalized spacial score (nSPS) is 25.3. The molecule has 1 fully saturated rings. The lowest BCUT2D eigenvalue weighted by molar-refractivity contribution is 0.394. The summed E-state index contributed by atoms with van der Waals surface area (Å²) in [5.41, 5.74) is 7.26. The lowest BCUT2D eigenvalue weighted by Gasteiger charge is -2.27. The van der Waals surface area contributed by atoms with Gasteiger partial charge in [0.1, 0.15) is 0 Å². The number of hydrogen-bond donors (Lipinski definition) is 1. The fourth-order valence-corrected chi connectivity index (χ4v) is 4.54. The fourth-order valence-electron chi connectivity index (χ4n) is 2.83. The monoisotopic (exact) mass is 297 g/mol. The number of thioether (sulfide) groups is 1. The summed E-state index contributed by atoms with van der Waals surface area (Å²) in [5.74, 6) is 0.871. The average molecular weight is 298 g/mol. The molecule has 3 heteroatoms. The van der Waals surface area contributed by atoms with Gasteiger partial charge in [-0.25, -0.2) is 0 Å². The summed E-state index contributed by atoms with van der Waals surface area (Å²) >= 11 is 8.15. The zero-order valence-corrected chi connectivity index (χ0v) is 13.4. The zero-order valence-electron chi connectivity index (χ0n) is 11.9. The Morgan fingerprint density at radius 1 is 1.42 bits per heavy atom. The van der Waals surface area contributed by atoms with Crippen LogP contribution >= 0.6 is 23.4 Å². The van der Waals surface area contributed by atoms with Crippen LogP contribution in [0.15, 0.2) is 23.1 Å². The van der Waals surface area contributed by atoms with Crippen LogP contribution in [0.4, 0.5) is 0 Å². The largest absolute Gasteiger partial charge is 0.328 e. The Bertz CT molecular complexity index is 419. The third kappa shape index (κ3) is 4.70. The van der Waals surface area contributed by atoms with E-state index < -0.39 is 0 Å². The van der Waals surface area contributed by atoms with Crippen LogP contribution in [0.25, 0.3) is 0 Å². The first-order valence-electron chi connectivity index (χ1n) is 7.25. The third-order valence-electron chi connectivity index (χ3n) is 3.75. The van der Waals surface area contributed by atoms with Gasteiger partial charge < -0.3 is 5.73 Å². The number of nitrogens with two attached hydrogens (primary N) is 1. The van der Waals surface area contributed by atoms with Crippen LogP contribution in [0.1, 0.15) is 45.1 Å².